The average Bonchev–Trinajstić information content (AvgIpc) is 2.92. The van der Waals surface area contributed by atoms with Gasteiger partial charge in [-0.3, -0.25) is 21.1 Å². The minimum absolute atomic E-state index is 0.0110. The third-order valence-electron chi connectivity index (χ3n) is 6.54. The molecule has 0 spiro atoms. The number of benzene rings is 2. The van der Waals surface area contributed by atoms with E-state index in [1.165, 1.54) is 0 Å². The summed E-state index contributed by atoms with van der Waals surface area (Å²) in [5, 5.41) is 29.4. The Labute approximate surface area is 216 Å². The summed E-state index contributed by atoms with van der Waals surface area (Å²) in [6.07, 6.45) is 9.61. The summed E-state index contributed by atoms with van der Waals surface area (Å²) < 4.78 is 6.08. The Morgan fingerprint density at radius 2 is 1.73 bits per heavy atom. The minimum atomic E-state index is -0.942. The minimum Gasteiger partial charge on any atom is -0.487 e. The summed E-state index contributed by atoms with van der Waals surface area (Å²) in [4.78, 5) is 4.48. The van der Waals surface area contributed by atoms with Crippen molar-refractivity contribution in [3.05, 3.63) is 119 Å². The van der Waals surface area contributed by atoms with Crippen LogP contribution in [0.2, 0.25) is 0 Å². The van der Waals surface area contributed by atoms with Crippen LogP contribution in [0, 0.1) is 17.7 Å². The molecule has 0 aliphatic heterocycles. The quantitative estimate of drug-likeness (QED) is 0.144. The highest BCUT2D eigenvalue weighted by Crippen LogP contribution is 2.29. The molecule has 1 aliphatic carbocycles. The molecule has 190 valence electrons. The zero-order valence-electron chi connectivity index (χ0n) is 20.7. The maximum absolute atomic E-state index is 10.2. The molecule has 0 radical (unpaired) electrons. The number of amidine groups is 2. The van der Waals surface area contributed by atoms with Crippen molar-refractivity contribution in [2.24, 2.45) is 11.5 Å². The third kappa shape index (κ3) is 5.77. The highest BCUT2D eigenvalue weighted by atomic mass is 16.5. The Morgan fingerprint density at radius 3 is 2.32 bits per heavy atom. The molecule has 8 N–H and O–H groups in total. The van der Waals surface area contributed by atoms with Crippen molar-refractivity contribution in [3.8, 4) is 5.75 Å². The second-order valence-electron chi connectivity index (χ2n) is 9.02. The molecule has 8 heteroatoms. The standard InChI is InChI=1S/C29H32N6O2/c1-19-26(37-18-20-7-9-23(10-8-20)27(30)31)25(17-36)24(15-34-19)16-35-29(28(32)33)13-11-22(12-14-29)21-5-3-2-4-6-21/h2-15,22,35-36H,16-18H2,1H3,(H3,30,31)(H3,32,33). The zero-order valence-corrected chi connectivity index (χ0v) is 20.7. The van der Waals surface area contributed by atoms with Crippen LogP contribution in [0.3, 0.4) is 0 Å². The summed E-state index contributed by atoms with van der Waals surface area (Å²) in [6, 6.07) is 17.4. The highest BCUT2D eigenvalue weighted by molar-refractivity contribution is 5.94. The van der Waals surface area contributed by atoms with E-state index in [9.17, 15) is 5.11 Å². The van der Waals surface area contributed by atoms with Gasteiger partial charge in [0.15, 0.2) is 0 Å². The number of allylic oxidation sites excluding steroid dienone is 2. The van der Waals surface area contributed by atoms with Crippen molar-refractivity contribution < 1.29 is 9.84 Å². The number of nitrogen functional groups attached to an aromatic ring is 1. The number of nitrogens with one attached hydrogen (secondary N) is 3. The number of aliphatic hydroxyl groups is 1. The van der Waals surface area contributed by atoms with Gasteiger partial charge in [-0.15, -0.1) is 0 Å². The van der Waals surface area contributed by atoms with Crippen LogP contribution in [0.1, 0.15) is 39.4 Å². The zero-order chi connectivity index (χ0) is 26.4. The molecule has 0 saturated heterocycles. The van der Waals surface area contributed by atoms with Crippen molar-refractivity contribution in [1.29, 1.82) is 10.8 Å². The molecular formula is C29H32N6O2. The first-order valence-corrected chi connectivity index (χ1v) is 12.0. The Kier molecular flexibility index (Phi) is 7.81. The molecule has 8 nitrogen and oxygen atoms in total. The SMILES string of the molecule is Cc1ncc(CNC2(C(=N)N)C=CC(c3ccccc3)C=C2)c(CO)c1OCc1ccc(C(=N)N)cc1. The first-order valence-electron chi connectivity index (χ1n) is 12.0. The first kappa shape index (κ1) is 25.8. The molecule has 0 bridgehead atoms. The van der Waals surface area contributed by atoms with E-state index in [4.69, 9.17) is 27.0 Å². The third-order valence-corrected chi connectivity index (χ3v) is 6.54. The first-order chi connectivity index (χ1) is 17.8. The lowest BCUT2D eigenvalue weighted by molar-refractivity contribution is 0.255. The predicted octanol–water partition coefficient (Wildman–Crippen LogP) is 3.42. The number of hydrogen-bond donors (Lipinski definition) is 6. The van der Waals surface area contributed by atoms with E-state index in [0.717, 1.165) is 16.7 Å². The molecule has 2 aromatic carbocycles. The van der Waals surface area contributed by atoms with Crippen LogP contribution < -0.4 is 21.5 Å². The lowest BCUT2D eigenvalue weighted by Crippen LogP contribution is -2.52. The molecule has 0 unspecified atom stereocenters. The molecule has 0 saturated carbocycles. The maximum Gasteiger partial charge on any atom is 0.146 e. The van der Waals surface area contributed by atoms with Gasteiger partial charge in [-0.25, -0.2) is 0 Å². The Bertz CT molecular complexity index is 1320. The van der Waals surface area contributed by atoms with Crippen LogP contribution in [-0.4, -0.2) is 27.3 Å². The number of hydrogen-bond acceptors (Lipinski definition) is 6. The number of rotatable bonds is 10. The summed E-state index contributed by atoms with van der Waals surface area (Å²) in [6.45, 7) is 2.19. The highest BCUT2D eigenvalue weighted by Gasteiger charge is 2.31. The Morgan fingerprint density at radius 1 is 1.05 bits per heavy atom. The number of ether oxygens (including phenoxy) is 1. The molecule has 3 aromatic rings. The summed E-state index contributed by atoms with van der Waals surface area (Å²) in [5.41, 5.74) is 15.4. The van der Waals surface area contributed by atoms with Crippen molar-refractivity contribution in [2.75, 3.05) is 0 Å². The Hall–Kier alpha value is -4.27. The smallest absolute Gasteiger partial charge is 0.146 e. The molecule has 37 heavy (non-hydrogen) atoms. The van der Waals surface area contributed by atoms with Gasteiger partial charge in [-0.05, 0) is 23.6 Å². The van der Waals surface area contributed by atoms with E-state index >= 15 is 0 Å². The number of aryl methyl sites for hydroxylation is 1. The summed E-state index contributed by atoms with van der Waals surface area (Å²) in [7, 11) is 0. The van der Waals surface area contributed by atoms with E-state index in [1.807, 2.05) is 61.6 Å². The van der Waals surface area contributed by atoms with Crippen LogP contribution >= 0.6 is 0 Å². The topological polar surface area (TPSA) is 154 Å². The lowest BCUT2D eigenvalue weighted by Gasteiger charge is -2.31. The van der Waals surface area contributed by atoms with E-state index in [0.29, 0.717) is 29.1 Å². The molecule has 1 aliphatic rings. The van der Waals surface area contributed by atoms with Gasteiger partial charge in [0.2, 0.25) is 0 Å². The van der Waals surface area contributed by atoms with Crippen molar-refractivity contribution >= 4 is 11.7 Å². The molecule has 0 amide bonds. The van der Waals surface area contributed by atoms with Crippen LogP contribution in [0.5, 0.6) is 5.75 Å². The molecule has 4 rings (SSSR count). The van der Waals surface area contributed by atoms with E-state index < -0.39 is 5.54 Å². The van der Waals surface area contributed by atoms with Gasteiger partial charge in [0.05, 0.1) is 12.3 Å². The fourth-order valence-electron chi connectivity index (χ4n) is 4.29. The second-order valence-corrected chi connectivity index (χ2v) is 9.02. The number of aliphatic hydroxyl groups excluding tert-OH is 1. The summed E-state index contributed by atoms with van der Waals surface area (Å²) >= 11 is 0. The van der Waals surface area contributed by atoms with Gasteiger partial charge in [0, 0.05) is 29.8 Å². The predicted molar refractivity (Wildman–Crippen MR) is 146 cm³/mol. The normalized spacial score (nSPS) is 18.5. The van der Waals surface area contributed by atoms with Gasteiger partial charge in [-0.1, -0.05) is 78.9 Å². The number of nitrogens with zero attached hydrogens (tertiary/aromatic N) is 1. The number of aromatic nitrogens is 1. The molecule has 0 fully saturated rings. The number of pyridine rings is 1. The van der Waals surface area contributed by atoms with E-state index in [-0.39, 0.29) is 30.8 Å². The average molecular weight is 497 g/mol. The molecule has 1 aromatic heterocycles. The molecular weight excluding hydrogens is 464 g/mol. The van der Waals surface area contributed by atoms with Crippen LogP contribution in [0.15, 0.2) is 85.1 Å². The van der Waals surface area contributed by atoms with Crippen LogP contribution in [0.25, 0.3) is 0 Å². The van der Waals surface area contributed by atoms with Gasteiger partial charge in [-0.2, -0.15) is 0 Å². The van der Waals surface area contributed by atoms with Crippen molar-refractivity contribution in [1.82, 2.24) is 10.3 Å². The largest absolute Gasteiger partial charge is 0.487 e. The van der Waals surface area contributed by atoms with E-state index in [1.54, 1.807) is 18.3 Å². The second kappa shape index (κ2) is 11.2. The monoisotopic (exact) mass is 496 g/mol. The Balaban J connectivity index is 1.50. The maximum atomic E-state index is 10.2. The van der Waals surface area contributed by atoms with E-state index in [2.05, 4.69) is 22.4 Å². The van der Waals surface area contributed by atoms with Gasteiger partial charge < -0.3 is 21.3 Å². The van der Waals surface area contributed by atoms with Crippen LogP contribution in [0.4, 0.5) is 0 Å². The fraction of sp³-hybridized carbons (Fsp3) is 0.207. The lowest BCUT2D eigenvalue weighted by atomic mass is 9.85. The van der Waals surface area contributed by atoms with Gasteiger partial charge in [0.25, 0.3) is 0 Å². The van der Waals surface area contributed by atoms with Gasteiger partial charge in [0.1, 0.15) is 29.6 Å². The van der Waals surface area contributed by atoms with Crippen LogP contribution in [-0.2, 0) is 19.8 Å². The summed E-state index contributed by atoms with van der Waals surface area (Å²) in [5.74, 6) is 0.613. The number of nitrogens with two attached hydrogens (primary N) is 2. The molecule has 1 heterocycles. The van der Waals surface area contributed by atoms with Crippen molar-refractivity contribution in [3.63, 3.8) is 0 Å². The van der Waals surface area contributed by atoms with Gasteiger partial charge >= 0.3 is 0 Å². The van der Waals surface area contributed by atoms with Crippen molar-refractivity contribution in [2.45, 2.75) is 38.1 Å². The molecule has 0 atom stereocenters. The fourth-order valence-corrected chi connectivity index (χ4v) is 4.29.